The third-order valence-corrected chi connectivity index (χ3v) is 1.04. The first-order valence-electron chi connectivity index (χ1n) is 4.72. The zero-order valence-electron chi connectivity index (χ0n) is 10.2. The second-order valence-corrected chi connectivity index (χ2v) is 5.12. The van der Waals surface area contributed by atoms with E-state index in [1.807, 2.05) is 0 Å². The van der Waals surface area contributed by atoms with Gasteiger partial charge in [0.15, 0.2) is 0 Å². The molecule has 0 N–H and O–H groups in total. The summed E-state index contributed by atoms with van der Waals surface area (Å²) in [7, 11) is 0. The van der Waals surface area contributed by atoms with Gasteiger partial charge in [0, 0.05) is 0 Å². The van der Waals surface area contributed by atoms with Gasteiger partial charge in [-0.15, -0.1) is 5.06 Å². The Kier molecular flexibility index (Phi) is 4.27. The summed E-state index contributed by atoms with van der Waals surface area (Å²) in [5.74, 6) is 0. The summed E-state index contributed by atoms with van der Waals surface area (Å²) in [6.07, 6.45) is -0.522. The van der Waals surface area contributed by atoms with E-state index in [1.165, 1.54) is 0 Å². The van der Waals surface area contributed by atoms with E-state index in [-0.39, 0.29) is 0 Å². The van der Waals surface area contributed by atoms with Gasteiger partial charge in [0.1, 0.15) is 5.60 Å². The molecule has 0 fully saturated rings. The molecule has 0 spiro atoms. The Hall–Kier alpha value is -1.10. The topological polar surface area (TPSA) is 55.8 Å². The molecule has 5 nitrogen and oxygen atoms in total. The molecule has 0 radical (unpaired) electrons. The van der Waals surface area contributed by atoms with Crippen molar-refractivity contribution in [3.05, 3.63) is 0 Å². The molecule has 0 aliphatic heterocycles. The molecule has 2 amide bonds. The van der Waals surface area contributed by atoms with Crippen LogP contribution in [0.1, 0.15) is 41.5 Å². The Bertz CT molecular complexity index is 237. The molecule has 0 aromatic rings. The molecule has 0 heterocycles. The zero-order chi connectivity index (χ0) is 12.3. The second-order valence-electron chi connectivity index (χ2n) is 5.12. The molecule has 0 atom stereocenters. The smallest absolute Gasteiger partial charge is 0.441 e. The molecule has 0 aromatic carbocycles. The maximum absolute atomic E-state index is 11.4. The van der Waals surface area contributed by atoms with Crippen LogP contribution in [0.25, 0.3) is 0 Å². The van der Waals surface area contributed by atoms with Gasteiger partial charge >= 0.3 is 6.09 Å². The van der Waals surface area contributed by atoms with Gasteiger partial charge in [0.05, 0.1) is 5.60 Å². The lowest BCUT2D eigenvalue weighted by Gasteiger charge is -2.27. The van der Waals surface area contributed by atoms with E-state index >= 15 is 0 Å². The fourth-order valence-electron chi connectivity index (χ4n) is 0.704. The van der Waals surface area contributed by atoms with Crippen LogP contribution < -0.4 is 0 Å². The number of ether oxygens (including phenoxy) is 1. The Morgan fingerprint density at radius 1 is 1.07 bits per heavy atom. The van der Waals surface area contributed by atoms with Gasteiger partial charge in [0.25, 0.3) is 0 Å². The Labute approximate surface area is 90.3 Å². The van der Waals surface area contributed by atoms with Gasteiger partial charge in [-0.1, -0.05) is 0 Å². The minimum Gasteiger partial charge on any atom is -0.442 e. The van der Waals surface area contributed by atoms with Crippen LogP contribution in [0.2, 0.25) is 0 Å². The van der Waals surface area contributed by atoms with Crippen LogP contribution in [-0.4, -0.2) is 28.8 Å². The molecule has 0 bridgehead atoms. The van der Waals surface area contributed by atoms with Gasteiger partial charge < -0.3 is 4.74 Å². The molecule has 0 saturated heterocycles. The maximum Gasteiger partial charge on any atom is 0.441 e. The second kappa shape index (κ2) is 4.61. The number of imide groups is 1. The largest absolute Gasteiger partial charge is 0.442 e. The lowest BCUT2D eigenvalue weighted by Crippen LogP contribution is -2.40. The van der Waals surface area contributed by atoms with Gasteiger partial charge in [-0.2, -0.15) is 0 Å². The average Bonchev–Trinajstić information content (AvgIpc) is 1.94. The van der Waals surface area contributed by atoms with Gasteiger partial charge in [0.2, 0.25) is 6.41 Å². The van der Waals surface area contributed by atoms with Crippen molar-refractivity contribution in [3.8, 4) is 0 Å². The average molecular weight is 217 g/mol. The summed E-state index contributed by atoms with van der Waals surface area (Å²) >= 11 is 0. The van der Waals surface area contributed by atoms with Crippen LogP contribution in [0.4, 0.5) is 4.79 Å². The van der Waals surface area contributed by atoms with E-state index in [9.17, 15) is 9.59 Å². The number of amides is 2. The van der Waals surface area contributed by atoms with Crippen LogP contribution >= 0.6 is 0 Å². The summed E-state index contributed by atoms with van der Waals surface area (Å²) in [6, 6.07) is 0. The van der Waals surface area contributed by atoms with Crippen molar-refractivity contribution < 1.29 is 19.2 Å². The zero-order valence-corrected chi connectivity index (χ0v) is 10.2. The summed E-state index contributed by atoms with van der Waals surface area (Å²) < 4.78 is 4.97. The molecule has 0 aromatic heterocycles. The van der Waals surface area contributed by atoms with E-state index in [2.05, 4.69) is 0 Å². The van der Waals surface area contributed by atoms with E-state index in [0.29, 0.717) is 11.5 Å². The van der Waals surface area contributed by atoms with E-state index in [4.69, 9.17) is 9.57 Å². The summed E-state index contributed by atoms with van der Waals surface area (Å²) in [5, 5.41) is 0.561. The van der Waals surface area contributed by atoms with Gasteiger partial charge in [-0.25, -0.2) is 4.79 Å². The van der Waals surface area contributed by atoms with E-state index in [1.54, 1.807) is 41.5 Å². The highest BCUT2D eigenvalue weighted by molar-refractivity contribution is 5.78. The fourth-order valence-corrected chi connectivity index (χ4v) is 0.704. The first-order valence-corrected chi connectivity index (χ1v) is 4.72. The SMILES string of the molecule is CC(C)(C)OC(=O)N(C=O)OC(C)(C)C. The van der Waals surface area contributed by atoms with Crippen molar-refractivity contribution >= 4 is 12.5 Å². The van der Waals surface area contributed by atoms with Gasteiger partial charge in [-0.05, 0) is 41.5 Å². The van der Waals surface area contributed by atoms with Crippen molar-refractivity contribution in [2.75, 3.05) is 0 Å². The quantitative estimate of drug-likeness (QED) is 0.525. The third kappa shape index (κ3) is 6.90. The Morgan fingerprint density at radius 2 is 1.53 bits per heavy atom. The number of carbonyl (C=O) groups is 2. The predicted molar refractivity (Wildman–Crippen MR) is 55.0 cm³/mol. The van der Waals surface area contributed by atoms with E-state index in [0.717, 1.165) is 0 Å². The van der Waals surface area contributed by atoms with Crippen molar-refractivity contribution in [2.45, 2.75) is 52.7 Å². The lowest BCUT2D eigenvalue weighted by molar-refractivity contribution is -0.203. The summed E-state index contributed by atoms with van der Waals surface area (Å²) in [4.78, 5) is 27.1. The van der Waals surface area contributed by atoms with Crippen molar-refractivity contribution in [1.82, 2.24) is 5.06 Å². The molecular formula is C10H19NO4. The minimum atomic E-state index is -0.813. The predicted octanol–water partition coefficient (Wildman–Crippen LogP) is 2.11. The number of hydrogen-bond donors (Lipinski definition) is 0. The van der Waals surface area contributed by atoms with Crippen molar-refractivity contribution in [3.63, 3.8) is 0 Å². The van der Waals surface area contributed by atoms with Gasteiger partial charge in [-0.3, -0.25) is 9.63 Å². The molecule has 0 rings (SSSR count). The highest BCUT2D eigenvalue weighted by Crippen LogP contribution is 2.13. The van der Waals surface area contributed by atoms with Crippen LogP contribution in [0, 0.1) is 0 Å². The van der Waals surface area contributed by atoms with Crippen LogP contribution in [0.5, 0.6) is 0 Å². The molecule has 88 valence electrons. The first kappa shape index (κ1) is 13.9. The normalized spacial score (nSPS) is 12.1. The van der Waals surface area contributed by atoms with Crippen LogP contribution in [-0.2, 0) is 14.4 Å². The molecule has 5 heteroatoms. The molecule has 0 aliphatic rings. The van der Waals surface area contributed by atoms with E-state index < -0.39 is 17.3 Å². The fraction of sp³-hybridized carbons (Fsp3) is 0.800. The van der Waals surface area contributed by atoms with Crippen LogP contribution in [0.15, 0.2) is 0 Å². The highest BCUT2D eigenvalue weighted by atomic mass is 16.7. The Morgan fingerprint density at radius 3 is 1.80 bits per heavy atom. The van der Waals surface area contributed by atoms with Crippen molar-refractivity contribution in [1.29, 1.82) is 0 Å². The molecule has 0 saturated carbocycles. The lowest BCUT2D eigenvalue weighted by atomic mass is 10.2. The number of carbonyl (C=O) groups excluding carboxylic acids is 2. The minimum absolute atomic E-state index is 0.291. The highest BCUT2D eigenvalue weighted by Gasteiger charge is 2.26. The monoisotopic (exact) mass is 217 g/mol. The third-order valence-electron chi connectivity index (χ3n) is 1.04. The molecule has 0 aliphatic carbocycles. The molecular weight excluding hydrogens is 198 g/mol. The number of rotatable bonds is 2. The molecule has 15 heavy (non-hydrogen) atoms. The standard InChI is InChI=1S/C10H19NO4/c1-9(2,3)14-8(13)11(7-12)15-10(4,5)6/h7H,1-6H3. The first-order chi connectivity index (χ1) is 6.55. The van der Waals surface area contributed by atoms with Crippen LogP contribution in [0.3, 0.4) is 0 Å². The number of nitrogens with zero attached hydrogens (tertiary/aromatic N) is 1. The summed E-state index contributed by atoms with van der Waals surface area (Å²) in [5.41, 5.74) is -1.28. The number of hydrogen-bond acceptors (Lipinski definition) is 4. The Balaban J connectivity index is 4.43. The molecule has 0 unspecified atom stereocenters. The summed E-state index contributed by atoms with van der Waals surface area (Å²) in [6.45, 7) is 10.3. The maximum atomic E-state index is 11.4. The van der Waals surface area contributed by atoms with Crippen molar-refractivity contribution in [2.24, 2.45) is 0 Å². The number of hydroxylamine groups is 2.